The van der Waals surface area contributed by atoms with Crippen molar-refractivity contribution in [1.29, 1.82) is 0 Å². The number of halogens is 3. The van der Waals surface area contributed by atoms with E-state index in [-0.39, 0.29) is 18.1 Å². The van der Waals surface area contributed by atoms with Gasteiger partial charge in [-0.05, 0) is 53.1 Å². The summed E-state index contributed by atoms with van der Waals surface area (Å²) in [5.41, 5.74) is 2.87. The number of carbonyl (C=O) groups is 1. The first-order valence-electron chi connectivity index (χ1n) is 8.94. The third kappa shape index (κ3) is 3.93. The molecule has 0 bridgehead atoms. The summed E-state index contributed by atoms with van der Waals surface area (Å²) in [5, 5.41) is 11.3. The molecule has 0 unspecified atom stereocenters. The van der Waals surface area contributed by atoms with Crippen LogP contribution in [0.2, 0.25) is 5.02 Å². The first-order valence-corrected chi connectivity index (χ1v) is 10.1. The van der Waals surface area contributed by atoms with Gasteiger partial charge in [0, 0.05) is 21.6 Å². The van der Waals surface area contributed by atoms with Crippen LogP contribution in [0.15, 0.2) is 83.0 Å². The molecule has 6 heteroatoms. The number of rotatable bonds is 4. The maximum absolute atomic E-state index is 13.3. The zero-order chi connectivity index (χ0) is 20.5. The van der Waals surface area contributed by atoms with Gasteiger partial charge in [-0.1, -0.05) is 63.9 Å². The van der Waals surface area contributed by atoms with E-state index < -0.39 is 11.9 Å². The Morgan fingerprint density at radius 1 is 0.966 bits per heavy atom. The van der Waals surface area contributed by atoms with Gasteiger partial charge in [-0.3, -0.25) is 4.79 Å². The fraction of sp³-hybridized carbons (Fsp3) is 0.0870. The third-order valence-corrected chi connectivity index (χ3v) is 5.69. The molecule has 0 fully saturated rings. The molecule has 1 aliphatic heterocycles. The van der Waals surface area contributed by atoms with Crippen LogP contribution in [0.5, 0.6) is 0 Å². The Bertz CT molecular complexity index is 1080. The van der Waals surface area contributed by atoms with Crippen molar-refractivity contribution in [3.8, 4) is 0 Å². The predicted molar refractivity (Wildman–Crippen MR) is 115 cm³/mol. The van der Waals surface area contributed by atoms with Crippen LogP contribution in [0, 0.1) is 5.82 Å². The highest BCUT2D eigenvalue weighted by molar-refractivity contribution is 9.10. The van der Waals surface area contributed by atoms with E-state index in [0.29, 0.717) is 10.6 Å². The second-order valence-corrected chi connectivity index (χ2v) is 8.13. The van der Waals surface area contributed by atoms with Crippen LogP contribution in [0.25, 0.3) is 5.57 Å². The lowest BCUT2D eigenvalue weighted by Crippen LogP contribution is -2.29. The molecule has 1 N–H and O–H groups in total. The van der Waals surface area contributed by atoms with Crippen molar-refractivity contribution in [2.24, 2.45) is 0 Å². The summed E-state index contributed by atoms with van der Waals surface area (Å²) >= 11 is 9.44. The topological polar surface area (TPSA) is 40.5 Å². The van der Waals surface area contributed by atoms with Crippen LogP contribution in [-0.4, -0.2) is 15.9 Å². The Balaban J connectivity index is 1.80. The van der Waals surface area contributed by atoms with E-state index in [9.17, 15) is 14.3 Å². The Hall–Kier alpha value is -2.63. The molecule has 0 aliphatic carbocycles. The van der Waals surface area contributed by atoms with Crippen molar-refractivity contribution in [1.82, 2.24) is 4.90 Å². The number of hydrogen-bond acceptors (Lipinski definition) is 2. The van der Waals surface area contributed by atoms with Crippen LogP contribution in [0.1, 0.15) is 22.7 Å². The first-order chi connectivity index (χ1) is 13.9. The fourth-order valence-electron chi connectivity index (χ4n) is 3.52. The van der Waals surface area contributed by atoms with Gasteiger partial charge in [0.25, 0.3) is 5.91 Å². The molecule has 1 atom stereocenters. The van der Waals surface area contributed by atoms with Gasteiger partial charge < -0.3 is 10.0 Å². The van der Waals surface area contributed by atoms with E-state index >= 15 is 0 Å². The molecule has 0 saturated carbocycles. The average molecular weight is 473 g/mol. The molecular weight excluding hydrogens is 457 g/mol. The number of nitrogens with zero attached hydrogens (tertiary/aromatic N) is 1. The monoisotopic (exact) mass is 471 g/mol. The van der Waals surface area contributed by atoms with Gasteiger partial charge in [-0.15, -0.1) is 0 Å². The van der Waals surface area contributed by atoms with E-state index in [0.717, 1.165) is 21.2 Å². The molecule has 4 rings (SSSR count). The smallest absolute Gasteiger partial charge is 0.290 e. The van der Waals surface area contributed by atoms with Gasteiger partial charge in [0.1, 0.15) is 5.82 Å². The summed E-state index contributed by atoms with van der Waals surface area (Å²) < 4.78 is 14.2. The molecule has 0 radical (unpaired) electrons. The largest absolute Gasteiger partial charge is 0.503 e. The predicted octanol–water partition coefficient (Wildman–Crippen LogP) is 6.29. The van der Waals surface area contributed by atoms with Crippen LogP contribution in [0.4, 0.5) is 4.39 Å². The number of amides is 1. The minimum atomic E-state index is -0.484. The molecule has 1 aliphatic rings. The van der Waals surface area contributed by atoms with Crippen molar-refractivity contribution in [2.45, 2.75) is 12.6 Å². The Morgan fingerprint density at radius 2 is 1.59 bits per heavy atom. The summed E-state index contributed by atoms with van der Waals surface area (Å²) in [5.74, 6) is -1.09. The molecule has 1 heterocycles. The Morgan fingerprint density at radius 3 is 2.21 bits per heavy atom. The van der Waals surface area contributed by atoms with Gasteiger partial charge in [-0.2, -0.15) is 0 Å². The van der Waals surface area contributed by atoms with Gasteiger partial charge in [0.2, 0.25) is 0 Å². The molecule has 3 aromatic rings. The summed E-state index contributed by atoms with van der Waals surface area (Å²) in [4.78, 5) is 14.6. The van der Waals surface area contributed by atoms with E-state index in [1.807, 2.05) is 24.3 Å². The fourth-order valence-corrected chi connectivity index (χ4v) is 3.91. The van der Waals surface area contributed by atoms with Crippen molar-refractivity contribution in [2.75, 3.05) is 0 Å². The number of aliphatic hydroxyl groups excluding tert-OH is 1. The van der Waals surface area contributed by atoms with Crippen LogP contribution < -0.4 is 0 Å². The van der Waals surface area contributed by atoms with Gasteiger partial charge in [-0.25, -0.2) is 4.39 Å². The van der Waals surface area contributed by atoms with Gasteiger partial charge >= 0.3 is 0 Å². The lowest BCUT2D eigenvalue weighted by atomic mass is 9.93. The number of carbonyl (C=O) groups excluding carboxylic acids is 1. The van der Waals surface area contributed by atoms with Gasteiger partial charge in [0.05, 0.1) is 6.04 Å². The molecular formula is C23H16BrClFNO2. The third-order valence-electron chi connectivity index (χ3n) is 4.91. The van der Waals surface area contributed by atoms with E-state index in [1.54, 1.807) is 41.3 Å². The molecule has 0 saturated heterocycles. The number of hydrogen-bond donors (Lipinski definition) is 1. The molecule has 3 nitrogen and oxygen atoms in total. The van der Waals surface area contributed by atoms with Crippen LogP contribution >= 0.6 is 27.5 Å². The summed E-state index contributed by atoms with van der Waals surface area (Å²) in [6, 6.07) is 20.1. The maximum Gasteiger partial charge on any atom is 0.290 e. The van der Waals surface area contributed by atoms with Crippen LogP contribution in [0.3, 0.4) is 0 Å². The molecule has 1 amide bonds. The maximum atomic E-state index is 13.3. The highest BCUT2D eigenvalue weighted by Crippen LogP contribution is 2.44. The summed E-state index contributed by atoms with van der Waals surface area (Å²) in [6.07, 6.45) is 0. The summed E-state index contributed by atoms with van der Waals surface area (Å²) in [7, 11) is 0. The van der Waals surface area contributed by atoms with Gasteiger partial charge in [0.15, 0.2) is 5.76 Å². The Labute approximate surface area is 181 Å². The van der Waals surface area contributed by atoms with E-state index in [4.69, 9.17) is 11.6 Å². The number of benzene rings is 3. The van der Waals surface area contributed by atoms with Crippen molar-refractivity contribution in [3.05, 3.63) is 111 Å². The van der Waals surface area contributed by atoms with Crippen molar-refractivity contribution >= 4 is 39.0 Å². The lowest BCUT2D eigenvalue weighted by molar-refractivity contribution is -0.130. The Kier molecular flexibility index (Phi) is 5.43. The zero-order valence-electron chi connectivity index (χ0n) is 15.1. The SMILES string of the molecule is O=C1C(O)=C(c2ccc(Cl)cc2)[C@H](c2ccc(Br)cc2)N1Cc1ccc(F)cc1. The van der Waals surface area contributed by atoms with E-state index in [2.05, 4.69) is 15.9 Å². The second-order valence-electron chi connectivity index (χ2n) is 6.78. The zero-order valence-corrected chi connectivity index (χ0v) is 17.5. The minimum absolute atomic E-state index is 0.237. The molecule has 29 heavy (non-hydrogen) atoms. The minimum Gasteiger partial charge on any atom is -0.503 e. The summed E-state index contributed by atoms with van der Waals surface area (Å²) in [6.45, 7) is 0.237. The molecule has 3 aromatic carbocycles. The van der Waals surface area contributed by atoms with Crippen molar-refractivity contribution in [3.63, 3.8) is 0 Å². The molecule has 146 valence electrons. The number of aliphatic hydroxyl groups is 1. The highest BCUT2D eigenvalue weighted by Gasteiger charge is 2.40. The van der Waals surface area contributed by atoms with Crippen molar-refractivity contribution < 1.29 is 14.3 Å². The average Bonchev–Trinajstić information content (AvgIpc) is 2.96. The molecule has 0 spiro atoms. The second kappa shape index (κ2) is 8.01. The van der Waals surface area contributed by atoms with Crippen LogP contribution in [-0.2, 0) is 11.3 Å². The normalized spacial score (nSPS) is 16.6. The quantitative estimate of drug-likeness (QED) is 0.484. The highest BCUT2D eigenvalue weighted by atomic mass is 79.9. The first kappa shape index (κ1) is 19.7. The molecule has 0 aromatic heterocycles. The lowest BCUT2D eigenvalue weighted by Gasteiger charge is -2.27. The standard InChI is InChI=1S/C23H16BrClFNO2/c24-17-7-3-16(4-8-17)21-20(15-5-9-18(25)10-6-15)22(28)23(29)27(21)13-14-1-11-19(26)12-2-14/h1-12,21,28H,13H2/t21-/m0/s1. The van der Waals surface area contributed by atoms with E-state index in [1.165, 1.54) is 12.1 Å².